The summed E-state index contributed by atoms with van der Waals surface area (Å²) in [6.45, 7) is 1.90. The van der Waals surface area contributed by atoms with E-state index in [0.717, 1.165) is 16.1 Å². The summed E-state index contributed by atoms with van der Waals surface area (Å²) >= 11 is 1.51. The van der Waals surface area contributed by atoms with Gasteiger partial charge in [0.15, 0.2) is 0 Å². The number of rotatable bonds is 2. The van der Waals surface area contributed by atoms with Crippen LogP contribution in [0.5, 0.6) is 0 Å². The molecule has 6 heteroatoms. The molecule has 0 bridgehead atoms. The van der Waals surface area contributed by atoms with Crippen LogP contribution < -0.4 is 5.63 Å². The first kappa shape index (κ1) is 13.5. The highest BCUT2D eigenvalue weighted by Gasteiger charge is 2.13. The summed E-state index contributed by atoms with van der Waals surface area (Å²) in [5.41, 5.74) is 1.61. The molecule has 21 heavy (non-hydrogen) atoms. The van der Waals surface area contributed by atoms with Crippen molar-refractivity contribution in [2.75, 3.05) is 7.11 Å². The Morgan fingerprint density at radius 1 is 1.33 bits per heavy atom. The molecule has 0 fully saturated rings. The molecule has 0 unspecified atom stereocenters. The molecule has 0 saturated carbocycles. The number of aryl methyl sites for hydroxylation is 1. The number of nitrogens with zero attached hydrogens (tertiary/aromatic N) is 1. The summed E-state index contributed by atoms with van der Waals surface area (Å²) in [5.74, 6) is -0.477. The Morgan fingerprint density at radius 3 is 2.81 bits per heavy atom. The average Bonchev–Trinajstić information content (AvgIpc) is 2.91. The molecular weight excluding hydrogens is 290 g/mol. The van der Waals surface area contributed by atoms with Gasteiger partial charge in [-0.05, 0) is 25.1 Å². The van der Waals surface area contributed by atoms with Gasteiger partial charge in [0.05, 0.1) is 23.4 Å². The van der Waals surface area contributed by atoms with Crippen LogP contribution in [-0.2, 0) is 4.74 Å². The molecule has 2 aromatic heterocycles. The fourth-order valence-corrected chi connectivity index (χ4v) is 2.72. The van der Waals surface area contributed by atoms with Gasteiger partial charge in [-0.2, -0.15) is 0 Å². The highest BCUT2D eigenvalue weighted by Crippen LogP contribution is 2.28. The monoisotopic (exact) mass is 301 g/mol. The number of hydrogen-bond donors (Lipinski definition) is 0. The van der Waals surface area contributed by atoms with Gasteiger partial charge in [-0.25, -0.2) is 14.6 Å². The number of aromatic nitrogens is 1. The molecule has 0 N–H and O–H groups in total. The van der Waals surface area contributed by atoms with Crippen molar-refractivity contribution in [3.05, 3.63) is 50.6 Å². The molecule has 0 saturated heterocycles. The molecule has 5 nitrogen and oxygen atoms in total. The minimum Gasteiger partial charge on any atom is -0.465 e. The number of benzene rings is 1. The van der Waals surface area contributed by atoms with Crippen molar-refractivity contribution in [3.63, 3.8) is 0 Å². The number of carbonyl (C=O) groups excluding carboxylic acids is 1. The van der Waals surface area contributed by atoms with E-state index < -0.39 is 11.6 Å². The van der Waals surface area contributed by atoms with E-state index in [0.29, 0.717) is 16.7 Å². The van der Waals surface area contributed by atoms with Crippen molar-refractivity contribution in [3.8, 4) is 11.3 Å². The SMILES string of the molecule is COC(=O)c1ccc2c(-c3csc(C)n3)cc(=O)oc2c1. The molecule has 0 radical (unpaired) electrons. The van der Waals surface area contributed by atoms with Crippen molar-refractivity contribution in [1.29, 1.82) is 0 Å². The van der Waals surface area contributed by atoms with E-state index in [1.54, 1.807) is 12.1 Å². The standard InChI is InChI=1S/C15H11NO4S/c1-8-16-12(7-21-8)11-6-14(17)20-13-5-9(15(18)19-2)3-4-10(11)13/h3-7H,1-2H3. The van der Waals surface area contributed by atoms with E-state index in [1.807, 2.05) is 12.3 Å². The Balaban J connectivity index is 2.27. The molecule has 0 aliphatic heterocycles. The molecule has 0 atom stereocenters. The van der Waals surface area contributed by atoms with Gasteiger partial charge in [0.25, 0.3) is 0 Å². The van der Waals surface area contributed by atoms with Gasteiger partial charge in [0.2, 0.25) is 0 Å². The van der Waals surface area contributed by atoms with Crippen molar-refractivity contribution >= 4 is 28.3 Å². The van der Waals surface area contributed by atoms with E-state index in [9.17, 15) is 9.59 Å². The maximum Gasteiger partial charge on any atom is 0.337 e. The Bertz CT molecular complexity index is 894. The van der Waals surface area contributed by atoms with Gasteiger partial charge in [-0.3, -0.25) is 0 Å². The zero-order chi connectivity index (χ0) is 15.0. The molecule has 0 aliphatic carbocycles. The summed E-state index contributed by atoms with van der Waals surface area (Å²) in [7, 11) is 1.30. The lowest BCUT2D eigenvalue weighted by molar-refractivity contribution is 0.0600. The quantitative estimate of drug-likeness (QED) is 0.537. The highest BCUT2D eigenvalue weighted by molar-refractivity contribution is 7.09. The third kappa shape index (κ3) is 2.45. The zero-order valence-corrected chi connectivity index (χ0v) is 12.2. The Kier molecular flexibility index (Phi) is 3.31. The van der Waals surface area contributed by atoms with E-state index in [4.69, 9.17) is 4.42 Å². The summed E-state index contributed by atoms with van der Waals surface area (Å²) in [6.07, 6.45) is 0. The molecular formula is C15H11NO4S. The summed E-state index contributed by atoms with van der Waals surface area (Å²) < 4.78 is 9.84. The van der Waals surface area contributed by atoms with Gasteiger partial charge in [-0.1, -0.05) is 0 Å². The minimum absolute atomic E-state index is 0.333. The topological polar surface area (TPSA) is 69.4 Å². The molecule has 1 aromatic carbocycles. The van der Waals surface area contributed by atoms with Crippen LogP contribution in [0, 0.1) is 6.92 Å². The first-order chi connectivity index (χ1) is 10.1. The van der Waals surface area contributed by atoms with Crippen LogP contribution in [0.15, 0.2) is 38.9 Å². The van der Waals surface area contributed by atoms with E-state index in [2.05, 4.69) is 9.72 Å². The predicted octanol–water partition coefficient (Wildman–Crippen LogP) is 3.01. The van der Waals surface area contributed by atoms with Crippen LogP contribution in [-0.4, -0.2) is 18.1 Å². The number of thiazole rings is 1. The number of methoxy groups -OCH3 is 1. The van der Waals surface area contributed by atoms with Crippen molar-refractivity contribution in [1.82, 2.24) is 4.98 Å². The molecule has 0 spiro atoms. The number of hydrogen-bond acceptors (Lipinski definition) is 6. The lowest BCUT2D eigenvalue weighted by Gasteiger charge is -2.04. The lowest BCUT2D eigenvalue weighted by atomic mass is 10.1. The van der Waals surface area contributed by atoms with Gasteiger partial charge in [0, 0.05) is 22.4 Å². The van der Waals surface area contributed by atoms with Gasteiger partial charge in [-0.15, -0.1) is 11.3 Å². The number of ether oxygens (including phenoxy) is 1. The lowest BCUT2D eigenvalue weighted by Crippen LogP contribution is -2.03. The maximum absolute atomic E-state index is 11.7. The van der Waals surface area contributed by atoms with Crippen molar-refractivity contribution in [2.45, 2.75) is 6.92 Å². The second-order valence-electron chi connectivity index (χ2n) is 4.43. The third-order valence-corrected chi connectivity index (χ3v) is 3.83. The van der Waals surface area contributed by atoms with Gasteiger partial charge >= 0.3 is 11.6 Å². The van der Waals surface area contributed by atoms with Crippen molar-refractivity contribution < 1.29 is 13.9 Å². The molecule has 0 amide bonds. The van der Waals surface area contributed by atoms with E-state index in [-0.39, 0.29) is 0 Å². The van der Waals surface area contributed by atoms with Crippen LogP contribution in [0.3, 0.4) is 0 Å². The molecule has 3 aromatic rings. The second kappa shape index (κ2) is 5.14. The minimum atomic E-state index is -0.481. The Hall–Kier alpha value is -2.47. The van der Waals surface area contributed by atoms with Crippen LogP contribution >= 0.6 is 11.3 Å². The first-order valence-electron chi connectivity index (χ1n) is 6.17. The molecule has 0 aliphatic rings. The highest BCUT2D eigenvalue weighted by atomic mass is 32.1. The maximum atomic E-state index is 11.7. The largest absolute Gasteiger partial charge is 0.465 e. The second-order valence-corrected chi connectivity index (χ2v) is 5.50. The summed E-state index contributed by atoms with van der Waals surface area (Å²) in [4.78, 5) is 27.7. The number of carbonyl (C=O) groups is 1. The molecule has 3 rings (SSSR count). The van der Waals surface area contributed by atoms with E-state index >= 15 is 0 Å². The van der Waals surface area contributed by atoms with E-state index in [1.165, 1.54) is 30.6 Å². The molecule has 2 heterocycles. The number of fused-ring (bicyclic) bond motifs is 1. The molecule has 106 valence electrons. The van der Waals surface area contributed by atoms with Gasteiger partial charge in [0.1, 0.15) is 5.58 Å². The average molecular weight is 301 g/mol. The van der Waals surface area contributed by atoms with Crippen LogP contribution in [0.25, 0.3) is 22.2 Å². The normalized spacial score (nSPS) is 10.8. The fraction of sp³-hybridized carbons (Fsp3) is 0.133. The Labute approximate surface area is 123 Å². The zero-order valence-electron chi connectivity index (χ0n) is 11.4. The fourth-order valence-electron chi connectivity index (χ4n) is 2.11. The smallest absolute Gasteiger partial charge is 0.337 e. The third-order valence-electron chi connectivity index (χ3n) is 3.06. The number of esters is 1. The van der Waals surface area contributed by atoms with Gasteiger partial charge < -0.3 is 9.15 Å². The Morgan fingerprint density at radius 2 is 2.14 bits per heavy atom. The van der Waals surface area contributed by atoms with Crippen LogP contribution in [0.2, 0.25) is 0 Å². The van der Waals surface area contributed by atoms with Crippen molar-refractivity contribution in [2.24, 2.45) is 0 Å². The predicted molar refractivity (Wildman–Crippen MR) is 79.7 cm³/mol. The van der Waals surface area contributed by atoms with Crippen LogP contribution in [0.1, 0.15) is 15.4 Å². The summed E-state index contributed by atoms with van der Waals surface area (Å²) in [6, 6.07) is 6.28. The first-order valence-corrected chi connectivity index (χ1v) is 7.05. The summed E-state index contributed by atoms with van der Waals surface area (Å²) in [5, 5.41) is 3.53. The van der Waals surface area contributed by atoms with Crippen LogP contribution in [0.4, 0.5) is 0 Å².